The maximum atomic E-state index is 11.8. The van der Waals surface area contributed by atoms with Crippen LogP contribution in [0.4, 0.5) is 0 Å². The van der Waals surface area contributed by atoms with Crippen molar-refractivity contribution in [2.45, 2.75) is 63.6 Å². The molecule has 3 fully saturated rings. The van der Waals surface area contributed by atoms with Crippen molar-refractivity contribution < 1.29 is 9.53 Å². The van der Waals surface area contributed by atoms with Crippen molar-refractivity contribution in [2.24, 2.45) is 11.8 Å². The molecule has 0 radical (unpaired) electrons. The number of carbonyl (C=O) groups excluding carboxylic acids is 1. The van der Waals surface area contributed by atoms with Crippen molar-refractivity contribution >= 4 is 16.7 Å². The largest absolute Gasteiger partial charge is 0.469 e. The number of benzene rings is 2. The Labute approximate surface area is 186 Å². The minimum Gasteiger partial charge on any atom is -0.469 e. The Kier molecular flexibility index (Phi) is 6.29. The first-order chi connectivity index (χ1) is 15.2. The molecule has 166 valence electrons. The first-order valence-electron chi connectivity index (χ1n) is 12.3. The van der Waals surface area contributed by atoms with Gasteiger partial charge in [-0.3, -0.25) is 14.6 Å². The lowest BCUT2D eigenvalue weighted by Crippen LogP contribution is -2.64. The van der Waals surface area contributed by atoms with Crippen LogP contribution >= 0.6 is 0 Å². The van der Waals surface area contributed by atoms with Gasteiger partial charge in [-0.1, -0.05) is 42.5 Å². The number of methoxy groups -OCH3 is 1. The van der Waals surface area contributed by atoms with Crippen LogP contribution in [0.3, 0.4) is 0 Å². The number of rotatable bonds is 6. The first-order valence-corrected chi connectivity index (χ1v) is 12.3. The molecule has 0 N–H and O–H groups in total. The molecule has 4 nitrogen and oxygen atoms in total. The average Bonchev–Trinajstić information content (AvgIpc) is 2.81. The van der Waals surface area contributed by atoms with Gasteiger partial charge in [-0.15, -0.1) is 0 Å². The fourth-order valence-corrected chi connectivity index (χ4v) is 6.87. The molecule has 0 amide bonds. The van der Waals surface area contributed by atoms with E-state index in [-0.39, 0.29) is 5.97 Å². The molecular formula is C27H36N2O2. The Morgan fingerprint density at radius 3 is 2.74 bits per heavy atom. The van der Waals surface area contributed by atoms with Crippen LogP contribution in [-0.2, 0) is 16.1 Å². The van der Waals surface area contributed by atoms with E-state index < -0.39 is 0 Å². The van der Waals surface area contributed by atoms with Gasteiger partial charge in [-0.2, -0.15) is 0 Å². The normalized spacial score (nSPS) is 28.9. The van der Waals surface area contributed by atoms with Gasteiger partial charge in [0.25, 0.3) is 0 Å². The lowest BCUT2D eigenvalue weighted by Gasteiger charge is -2.57. The van der Waals surface area contributed by atoms with Crippen LogP contribution < -0.4 is 0 Å². The summed E-state index contributed by atoms with van der Waals surface area (Å²) in [6, 6.07) is 16.8. The third kappa shape index (κ3) is 4.25. The van der Waals surface area contributed by atoms with Gasteiger partial charge in [0, 0.05) is 31.6 Å². The highest BCUT2D eigenvalue weighted by Gasteiger charge is 2.48. The second-order valence-electron chi connectivity index (χ2n) is 9.84. The highest BCUT2D eigenvalue weighted by Crippen LogP contribution is 2.44. The molecule has 3 heterocycles. The summed E-state index contributed by atoms with van der Waals surface area (Å²) in [6.45, 7) is 4.79. The summed E-state index contributed by atoms with van der Waals surface area (Å²) in [6.07, 6.45) is 7.95. The molecule has 4 atom stereocenters. The fourth-order valence-electron chi connectivity index (χ4n) is 6.87. The van der Waals surface area contributed by atoms with Crippen LogP contribution in [-0.4, -0.2) is 54.6 Å². The predicted octanol–water partition coefficient (Wildman–Crippen LogP) is 4.86. The SMILES string of the molecule is COC(=O)CCC[C@@H]1[C@H]2CCCN3CCC[C@H](CN1Cc1cccc4ccccc14)[C@@H]23. The van der Waals surface area contributed by atoms with Crippen LogP contribution in [0, 0.1) is 11.8 Å². The van der Waals surface area contributed by atoms with E-state index >= 15 is 0 Å². The Bertz CT molecular complexity index is 906. The summed E-state index contributed by atoms with van der Waals surface area (Å²) in [5.74, 6) is 1.46. The minimum absolute atomic E-state index is 0.0720. The van der Waals surface area contributed by atoms with E-state index in [0.717, 1.165) is 37.3 Å². The average molecular weight is 421 g/mol. The Balaban J connectivity index is 1.42. The van der Waals surface area contributed by atoms with Gasteiger partial charge < -0.3 is 4.74 Å². The number of esters is 1. The zero-order valence-corrected chi connectivity index (χ0v) is 18.8. The molecule has 2 aromatic carbocycles. The number of nitrogens with zero attached hydrogens (tertiary/aromatic N) is 2. The molecule has 31 heavy (non-hydrogen) atoms. The van der Waals surface area contributed by atoms with E-state index in [1.807, 2.05) is 0 Å². The van der Waals surface area contributed by atoms with E-state index in [1.54, 1.807) is 0 Å². The Morgan fingerprint density at radius 1 is 1.06 bits per heavy atom. The molecule has 0 bridgehead atoms. The van der Waals surface area contributed by atoms with Crippen molar-refractivity contribution in [3.63, 3.8) is 0 Å². The molecule has 5 rings (SSSR count). The van der Waals surface area contributed by atoms with Crippen molar-refractivity contribution in [3.8, 4) is 0 Å². The maximum Gasteiger partial charge on any atom is 0.305 e. The third-order valence-corrected chi connectivity index (χ3v) is 8.14. The molecule has 0 aromatic heterocycles. The monoisotopic (exact) mass is 420 g/mol. The molecule has 3 saturated heterocycles. The van der Waals surface area contributed by atoms with Crippen LogP contribution in [0.25, 0.3) is 10.8 Å². The number of ether oxygens (including phenoxy) is 1. The zero-order chi connectivity index (χ0) is 21.2. The van der Waals surface area contributed by atoms with Gasteiger partial charge in [0.15, 0.2) is 0 Å². The Morgan fingerprint density at radius 2 is 1.87 bits per heavy atom. The summed E-state index contributed by atoms with van der Waals surface area (Å²) in [7, 11) is 1.50. The predicted molar refractivity (Wildman–Crippen MR) is 125 cm³/mol. The Hall–Kier alpha value is -1.91. The van der Waals surface area contributed by atoms with Crippen molar-refractivity contribution in [1.82, 2.24) is 9.80 Å². The first kappa shape index (κ1) is 21.0. The second kappa shape index (κ2) is 9.30. The quantitative estimate of drug-likeness (QED) is 0.625. The number of hydrogen-bond acceptors (Lipinski definition) is 4. The highest BCUT2D eigenvalue weighted by atomic mass is 16.5. The van der Waals surface area contributed by atoms with Crippen molar-refractivity contribution in [2.75, 3.05) is 26.7 Å². The third-order valence-electron chi connectivity index (χ3n) is 8.14. The van der Waals surface area contributed by atoms with Crippen LogP contribution in [0.1, 0.15) is 50.5 Å². The number of carbonyl (C=O) groups is 1. The van der Waals surface area contributed by atoms with Gasteiger partial charge in [0.05, 0.1) is 7.11 Å². The van der Waals surface area contributed by atoms with Crippen molar-refractivity contribution in [1.29, 1.82) is 0 Å². The minimum atomic E-state index is -0.0720. The molecule has 3 aliphatic heterocycles. The fraction of sp³-hybridized carbons (Fsp3) is 0.593. The number of likely N-dealkylation sites (tertiary alicyclic amines) is 1. The molecule has 0 saturated carbocycles. The van der Waals surface area contributed by atoms with E-state index in [9.17, 15) is 4.79 Å². The summed E-state index contributed by atoms with van der Waals surface area (Å²) >= 11 is 0. The van der Waals surface area contributed by atoms with Gasteiger partial charge >= 0.3 is 5.97 Å². The molecule has 2 aromatic rings. The van der Waals surface area contributed by atoms with E-state index in [4.69, 9.17) is 4.74 Å². The molecule has 0 unspecified atom stereocenters. The molecule has 0 spiro atoms. The summed E-state index contributed by atoms with van der Waals surface area (Å²) in [5, 5.41) is 2.72. The lowest BCUT2D eigenvalue weighted by atomic mass is 9.69. The van der Waals surface area contributed by atoms with E-state index in [1.165, 1.54) is 68.8 Å². The molecule has 3 aliphatic rings. The van der Waals surface area contributed by atoms with E-state index in [2.05, 4.69) is 52.3 Å². The number of fused-ring (bicyclic) bond motifs is 1. The summed E-state index contributed by atoms with van der Waals surface area (Å²) in [5.41, 5.74) is 1.44. The molecule has 0 aliphatic carbocycles. The zero-order valence-electron chi connectivity index (χ0n) is 18.8. The van der Waals surface area contributed by atoms with Crippen LogP contribution in [0.15, 0.2) is 42.5 Å². The maximum absolute atomic E-state index is 11.8. The van der Waals surface area contributed by atoms with Gasteiger partial charge in [-0.25, -0.2) is 0 Å². The number of hydrogen-bond donors (Lipinski definition) is 0. The second-order valence-corrected chi connectivity index (χ2v) is 9.84. The molecule has 4 heteroatoms. The van der Waals surface area contributed by atoms with E-state index in [0.29, 0.717) is 12.5 Å². The summed E-state index contributed by atoms with van der Waals surface area (Å²) < 4.78 is 4.92. The lowest BCUT2D eigenvalue weighted by molar-refractivity contribution is -0.141. The highest BCUT2D eigenvalue weighted by molar-refractivity contribution is 5.85. The topological polar surface area (TPSA) is 32.8 Å². The van der Waals surface area contributed by atoms with Gasteiger partial charge in [0.2, 0.25) is 0 Å². The van der Waals surface area contributed by atoms with Crippen LogP contribution in [0.5, 0.6) is 0 Å². The molecular weight excluding hydrogens is 384 g/mol. The van der Waals surface area contributed by atoms with Crippen LogP contribution in [0.2, 0.25) is 0 Å². The number of piperidine rings is 3. The standard InChI is InChI=1S/C27H36N2O2/c1-31-26(30)15-5-14-25-24-13-7-17-28-16-6-11-22(27(24)28)19-29(25)18-21-10-4-9-20-8-2-3-12-23(20)21/h2-4,8-10,12,22,24-25,27H,5-7,11,13-19H2,1H3/t22-,24-,25-,27+/m1/s1. The van der Waals surface area contributed by atoms with Gasteiger partial charge in [0.1, 0.15) is 0 Å². The smallest absolute Gasteiger partial charge is 0.305 e. The van der Waals surface area contributed by atoms with Crippen molar-refractivity contribution in [3.05, 3.63) is 48.0 Å². The summed E-state index contributed by atoms with van der Waals surface area (Å²) in [4.78, 5) is 17.4. The van der Waals surface area contributed by atoms with Gasteiger partial charge in [-0.05, 0) is 79.8 Å².